The van der Waals surface area contributed by atoms with E-state index in [1.807, 2.05) is 42.9 Å². The van der Waals surface area contributed by atoms with Gasteiger partial charge >= 0.3 is 0 Å². The Labute approximate surface area is 88.0 Å². The Bertz CT molecular complexity index is 485. The fraction of sp³-hybridized carbons (Fsp3) is 0. The molecule has 1 aromatic carbocycles. The number of rotatable bonds is 1. The third-order valence-corrected chi connectivity index (χ3v) is 2.46. The van der Waals surface area contributed by atoms with Gasteiger partial charge in [0.15, 0.2) is 0 Å². The summed E-state index contributed by atoms with van der Waals surface area (Å²) in [7, 11) is 0. The monoisotopic (exact) mass is 197 g/mol. The molecule has 0 aliphatic carbocycles. The van der Waals surface area contributed by atoms with Gasteiger partial charge in [0.2, 0.25) is 0 Å². The highest BCUT2D eigenvalue weighted by atomic mass is 15.2. The minimum Gasteiger partial charge on any atom is -0.357 e. The van der Waals surface area contributed by atoms with Gasteiger partial charge in [-0.1, -0.05) is 18.2 Å². The topological polar surface area (TPSA) is 31.1 Å². The van der Waals surface area contributed by atoms with Crippen LogP contribution < -0.4 is 10.2 Å². The molecule has 1 aliphatic rings. The van der Waals surface area contributed by atoms with E-state index in [1.54, 1.807) is 0 Å². The van der Waals surface area contributed by atoms with Crippen molar-refractivity contribution in [3.05, 3.63) is 55.0 Å². The molecule has 0 saturated heterocycles. The number of hydrogen-bond acceptors (Lipinski definition) is 2. The van der Waals surface area contributed by atoms with Gasteiger partial charge in [-0.2, -0.15) is 0 Å². The average molecular weight is 197 g/mol. The van der Waals surface area contributed by atoms with Gasteiger partial charge < -0.3 is 15.2 Å². The van der Waals surface area contributed by atoms with Crippen LogP contribution in [0.25, 0.3) is 0 Å². The molecule has 1 aromatic heterocycles. The van der Waals surface area contributed by atoms with Gasteiger partial charge in [-0.15, -0.1) is 0 Å². The Morgan fingerprint density at radius 2 is 1.87 bits per heavy atom. The molecule has 3 nitrogen and oxygen atoms in total. The van der Waals surface area contributed by atoms with E-state index in [-0.39, 0.29) is 0 Å². The number of nitrogens with one attached hydrogen (secondary N) is 2. The summed E-state index contributed by atoms with van der Waals surface area (Å²) in [4.78, 5) is 5.34. The lowest BCUT2D eigenvalue weighted by Gasteiger charge is -2.23. The fourth-order valence-corrected chi connectivity index (χ4v) is 1.76. The second kappa shape index (κ2) is 3.20. The van der Waals surface area contributed by atoms with E-state index in [0.29, 0.717) is 0 Å². The zero-order valence-electron chi connectivity index (χ0n) is 8.14. The molecule has 0 atom stereocenters. The molecule has 0 spiro atoms. The van der Waals surface area contributed by atoms with Crippen LogP contribution in [0.5, 0.6) is 0 Å². The maximum Gasteiger partial charge on any atom is 0.138 e. The lowest BCUT2D eigenvalue weighted by molar-refractivity contribution is 1.19. The van der Waals surface area contributed by atoms with Crippen LogP contribution in [0.4, 0.5) is 17.2 Å². The van der Waals surface area contributed by atoms with Crippen molar-refractivity contribution in [2.24, 2.45) is 0 Å². The number of benzene rings is 1. The Morgan fingerprint density at radius 1 is 1.00 bits per heavy atom. The van der Waals surface area contributed by atoms with Gasteiger partial charge in [0.25, 0.3) is 0 Å². The number of aromatic nitrogens is 1. The molecular weight excluding hydrogens is 186 g/mol. The summed E-state index contributed by atoms with van der Waals surface area (Å²) in [5.41, 5.74) is 2.25. The zero-order chi connectivity index (χ0) is 10.1. The van der Waals surface area contributed by atoms with Crippen LogP contribution in [0, 0.1) is 0 Å². The van der Waals surface area contributed by atoms with E-state index in [2.05, 4.69) is 27.3 Å². The number of aromatic amines is 1. The summed E-state index contributed by atoms with van der Waals surface area (Å²) in [6.07, 6.45) is 5.87. The highest BCUT2D eigenvalue weighted by Crippen LogP contribution is 2.33. The first kappa shape index (κ1) is 8.17. The normalized spacial score (nSPS) is 13.5. The van der Waals surface area contributed by atoms with Crippen LogP contribution in [0.15, 0.2) is 55.0 Å². The first-order chi connectivity index (χ1) is 7.45. The van der Waals surface area contributed by atoms with Crippen LogP contribution in [0.3, 0.4) is 0 Å². The van der Waals surface area contributed by atoms with E-state index in [1.165, 1.54) is 0 Å². The van der Waals surface area contributed by atoms with Gasteiger partial charge in [0.1, 0.15) is 5.82 Å². The van der Waals surface area contributed by atoms with Crippen LogP contribution in [0.2, 0.25) is 0 Å². The minimum atomic E-state index is 1.07. The van der Waals surface area contributed by atoms with Crippen molar-refractivity contribution in [3.63, 3.8) is 0 Å². The molecule has 2 N–H and O–H groups in total. The van der Waals surface area contributed by atoms with Crippen molar-refractivity contribution < 1.29 is 0 Å². The summed E-state index contributed by atoms with van der Waals surface area (Å²) < 4.78 is 0. The molecule has 3 heteroatoms. The van der Waals surface area contributed by atoms with Crippen LogP contribution in [-0.2, 0) is 0 Å². The smallest absolute Gasteiger partial charge is 0.138 e. The molecule has 0 fully saturated rings. The zero-order valence-corrected chi connectivity index (χ0v) is 8.14. The van der Waals surface area contributed by atoms with Crippen molar-refractivity contribution in [2.75, 3.05) is 10.2 Å². The highest BCUT2D eigenvalue weighted by Gasteiger charge is 2.14. The molecule has 2 aromatic rings. The van der Waals surface area contributed by atoms with Crippen molar-refractivity contribution in [1.82, 2.24) is 4.98 Å². The summed E-state index contributed by atoms with van der Waals surface area (Å²) in [6, 6.07) is 12.3. The molecule has 1 aliphatic heterocycles. The van der Waals surface area contributed by atoms with Gasteiger partial charge in [0.05, 0.1) is 5.69 Å². The average Bonchev–Trinajstić information content (AvgIpc) is 2.78. The fourth-order valence-electron chi connectivity index (χ4n) is 1.76. The van der Waals surface area contributed by atoms with Gasteiger partial charge in [-0.25, -0.2) is 0 Å². The quantitative estimate of drug-likeness (QED) is 0.736. The molecule has 15 heavy (non-hydrogen) atoms. The molecule has 0 radical (unpaired) electrons. The van der Waals surface area contributed by atoms with Crippen LogP contribution in [0.1, 0.15) is 0 Å². The number of anilines is 3. The SMILES string of the molecule is C1=CN(c2ccccc2)c2[nH]ccc2N1. The highest BCUT2D eigenvalue weighted by molar-refractivity contribution is 5.78. The maximum absolute atomic E-state index is 3.22. The Morgan fingerprint density at radius 3 is 2.73 bits per heavy atom. The third kappa shape index (κ3) is 1.29. The molecule has 0 saturated carbocycles. The summed E-state index contributed by atoms with van der Waals surface area (Å²) in [6.45, 7) is 0. The van der Waals surface area contributed by atoms with Gasteiger partial charge in [-0.05, 0) is 18.2 Å². The van der Waals surface area contributed by atoms with E-state index in [0.717, 1.165) is 17.2 Å². The molecule has 0 bridgehead atoms. The number of para-hydroxylation sites is 1. The molecular formula is C12H11N3. The lowest BCUT2D eigenvalue weighted by Crippen LogP contribution is -2.14. The lowest BCUT2D eigenvalue weighted by atomic mass is 10.3. The third-order valence-electron chi connectivity index (χ3n) is 2.46. The van der Waals surface area contributed by atoms with Crippen LogP contribution in [-0.4, -0.2) is 4.98 Å². The van der Waals surface area contributed by atoms with Crippen LogP contribution >= 0.6 is 0 Å². The van der Waals surface area contributed by atoms with E-state index >= 15 is 0 Å². The predicted octanol–water partition coefficient (Wildman–Crippen LogP) is 3.05. The summed E-state index contributed by atoms with van der Waals surface area (Å²) in [5.74, 6) is 1.07. The van der Waals surface area contributed by atoms with Crippen molar-refractivity contribution in [3.8, 4) is 0 Å². The maximum atomic E-state index is 3.22. The minimum absolute atomic E-state index is 1.07. The predicted molar refractivity (Wildman–Crippen MR) is 62.1 cm³/mol. The van der Waals surface area contributed by atoms with E-state index in [4.69, 9.17) is 0 Å². The first-order valence-corrected chi connectivity index (χ1v) is 4.90. The largest absolute Gasteiger partial charge is 0.357 e. The second-order valence-corrected chi connectivity index (χ2v) is 3.41. The van der Waals surface area contributed by atoms with E-state index in [9.17, 15) is 0 Å². The molecule has 3 rings (SSSR count). The Balaban J connectivity index is 2.08. The molecule has 74 valence electrons. The van der Waals surface area contributed by atoms with Crippen molar-refractivity contribution in [2.45, 2.75) is 0 Å². The molecule has 0 unspecified atom stereocenters. The number of fused-ring (bicyclic) bond motifs is 1. The second-order valence-electron chi connectivity index (χ2n) is 3.41. The summed E-state index contributed by atoms with van der Waals surface area (Å²) >= 11 is 0. The van der Waals surface area contributed by atoms with Gasteiger partial charge in [0, 0.05) is 24.3 Å². The van der Waals surface area contributed by atoms with Crippen molar-refractivity contribution >= 4 is 17.2 Å². The van der Waals surface area contributed by atoms with Crippen molar-refractivity contribution in [1.29, 1.82) is 0 Å². The molecule has 2 heterocycles. The number of H-pyrrole nitrogens is 1. The first-order valence-electron chi connectivity index (χ1n) is 4.90. The number of nitrogens with zero attached hydrogens (tertiary/aromatic N) is 1. The molecule has 0 amide bonds. The standard InChI is InChI=1S/C12H11N3/c1-2-4-10(5-3-1)15-9-8-13-11-6-7-14-12(11)15/h1-9,13-14H. The summed E-state index contributed by atoms with van der Waals surface area (Å²) in [5, 5.41) is 3.19. The Kier molecular flexibility index (Phi) is 1.75. The number of hydrogen-bond donors (Lipinski definition) is 2. The van der Waals surface area contributed by atoms with Gasteiger partial charge in [-0.3, -0.25) is 0 Å². The Hall–Kier alpha value is -2.16. The van der Waals surface area contributed by atoms with E-state index < -0.39 is 0 Å².